The molecule has 0 heterocycles. The van der Waals surface area contributed by atoms with Crippen LogP contribution in [0, 0.1) is 0 Å². The Balaban J connectivity index is 2.48. The van der Waals surface area contributed by atoms with Gasteiger partial charge in [-0.05, 0) is 24.6 Å². The van der Waals surface area contributed by atoms with E-state index < -0.39 is 24.0 Å². The number of carbonyl (C=O) groups is 3. The second-order valence-corrected chi connectivity index (χ2v) is 4.23. The summed E-state index contributed by atoms with van der Waals surface area (Å²) in [6.07, 6.45) is -1.09. The molecule has 3 N–H and O–H groups in total. The lowest BCUT2D eigenvalue weighted by Crippen LogP contribution is -2.42. The molecule has 0 bridgehead atoms. The van der Waals surface area contributed by atoms with Crippen molar-refractivity contribution in [2.45, 2.75) is 19.4 Å². The Morgan fingerprint density at radius 1 is 1.32 bits per heavy atom. The van der Waals surface area contributed by atoms with Gasteiger partial charge in [0, 0.05) is 5.02 Å². The van der Waals surface area contributed by atoms with Gasteiger partial charge in [0.1, 0.15) is 0 Å². The molecule has 0 aliphatic heterocycles. The zero-order valence-corrected chi connectivity index (χ0v) is 10.9. The van der Waals surface area contributed by atoms with Gasteiger partial charge >= 0.3 is 12.0 Å². The summed E-state index contributed by atoms with van der Waals surface area (Å²) in [7, 11) is 0. The SMILES string of the molecule is C[C@@H](OC(=O)Cc1ccc(Cl)cc1)C(=O)NC(N)=O. The third-order valence-corrected chi connectivity index (χ3v) is 2.44. The minimum Gasteiger partial charge on any atom is -0.452 e. The van der Waals surface area contributed by atoms with Crippen molar-refractivity contribution < 1.29 is 19.1 Å². The van der Waals surface area contributed by atoms with Gasteiger partial charge in [-0.2, -0.15) is 0 Å². The largest absolute Gasteiger partial charge is 0.452 e. The van der Waals surface area contributed by atoms with E-state index in [0.29, 0.717) is 10.6 Å². The maximum atomic E-state index is 11.5. The smallest absolute Gasteiger partial charge is 0.318 e. The van der Waals surface area contributed by atoms with E-state index in [1.165, 1.54) is 6.92 Å². The lowest BCUT2D eigenvalue weighted by Gasteiger charge is -2.11. The Morgan fingerprint density at radius 2 is 1.89 bits per heavy atom. The fourth-order valence-corrected chi connectivity index (χ4v) is 1.41. The molecular weight excluding hydrogens is 272 g/mol. The monoisotopic (exact) mass is 284 g/mol. The summed E-state index contributed by atoms with van der Waals surface area (Å²) in [5.74, 6) is -1.36. The van der Waals surface area contributed by atoms with Crippen LogP contribution in [0.25, 0.3) is 0 Å². The summed E-state index contributed by atoms with van der Waals surface area (Å²) >= 11 is 5.71. The predicted molar refractivity (Wildman–Crippen MR) is 68.4 cm³/mol. The van der Waals surface area contributed by atoms with E-state index in [4.69, 9.17) is 22.1 Å². The number of amides is 3. The molecule has 6 nitrogen and oxygen atoms in total. The lowest BCUT2D eigenvalue weighted by atomic mass is 10.1. The number of nitrogens with two attached hydrogens (primary N) is 1. The van der Waals surface area contributed by atoms with Crippen molar-refractivity contribution in [1.29, 1.82) is 0 Å². The number of primary amides is 1. The second-order valence-electron chi connectivity index (χ2n) is 3.79. The fourth-order valence-electron chi connectivity index (χ4n) is 1.28. The quantitative estimate of drug-likeness (QED) is 0.806. The van der Waals surface area contributed by atoms with E-state index in [9.17, 15) is 14.4 Å². The first-order chi connectivity index (χ1) is 8.88. The van der Waals surface area contributed by atoms with Gasteiger partial charge in [-0.3, -0.25) is 14.9 Å². The first kappa shape index (κ1) is 15.0. The molecule has 7 heteroatoms. The molecule has 0 aromatic heterocycles. The molecule has 1 aromatic carbocycles. The normalized spacial score (nSPS) is 11.5. The third kappa shape index (κ3) is 5.39. The second kappa shape index (κ2) is 6.75. The molecule has 0 radical (unpaired) electrons. The van der Waals surface area contributed by atoms with E-state index in [2.05, 4.69) is 0 Å². The Kier molecular flexibility index (Phi) is 5.32. The van der Waals surface area contributed by atoms with E-state index >= 15 is 0 Å². The van der Waals surface area contributed by atoms with E-state index in [1.807, 2.05) is 5.32 Å². The molecule has 3 amide bonds. The van der Waals surface area contributed by atoms with Crippen molar-refractivity contribution in [3.63, 3.8) is 0 Å². The van der Waals surface area contributed by atoms with Crippen molar-refractivity contribution in [2.75, 3.05) is 0 Å². The summed E-state index contributed by atoms with van der Waals surface area (Å²) in [5, 5.41) is 2.39. The zero-order chi connectivity index (χ0) is 14.4. The number of hydrogen-bond acceptors (Lipinski definition) is 4. The average molecular weight is 285 g/mol. The first-order valence-electron chi connectivity index (χ1n) is 5.42. The number of imide groups is 1. The van der Waals surface area contributed by atoms with Crippen LogP contribution in [0.5, 0.6) is 0 Å². The number of carbonyl (C=O) groups excluding carboxylic acids is 3. The lowest BCUT2D eigenvalue weighted by molar-refractivity contribution is -0.153. The number of esters is 1. The highest BCUT2D eigenvalue weighted by Crippen LogP contribution is 2.10. The maximum Gasteiger partial charge on any atom is 0.318 e. The van der Waals surface area contributed by atoms with E-state index in [0.717, 1.165) is 0 Å². The average Bonchev–Trinajstić information content (AvgIpc) is 2.31. The van der Waals surface area contributed by atoms with Gasteiger partial charge in [-0.15, -0.1) is 0 Å². The number of nitrogens with one attached hydrogen (secondary N) is 1. The highest BCUT2D eigenvalue weighted by Gasteiger charge is 2.18. The summed E-state index contributed by atoms with van der Waals surface area (Å²) in [5.41, 5.74) is 5.48. The molecule has 1 aromatic rings. The van der Waals surface area contributed by atoms with Crippen molar-refractivity contribution in [3.05, 3.63) is 34.9 Å². The van der Waals surface area contributed by atoms with E-state index in [-0.39, 0.29) is 6.42 Å². The van der Waals surface area contributed by atoms with Gasteiger partial charge < -0.3 is 10.5 Å². The number of hydrogen-bond donors (Lipinski definition) is 2. The molecule has 102 valence electrons. The number of halogens is 1. The standard InChI is InChI=1S/C12H13ClN2O4/c1-7(11(17)15-12(14)18)19-10(16)6-8-2-4-9(13)5-3-8/h2-5,7H,6H2,1H3,(H3,14,15,17,18)/t7-/m1/s1. The summed E-state index contributed by atoms with van der Waals surface area (Å²) in [6.45, 7) is 1.35. The van der Waals surface area contributed by atoms with Crippen LogP contribution in [-0.4, -0.2) is 24.0 Å². The van der Waals surface area contributed by atoms with Gasteiger partial charge in [0.15, 0.2) is 6.10 Å². The van der Waals surface area contributed by atoms with Crippen molar-refractivity contribution in [1.82, 2.24) is 5.32 Å². The maximum absolute atomic E-state index is 11.5. The topological polar surface area (TPSA) is 98.5 Å². The third-order valence-electron chi connectivity index (χ3n) is 2.19. The Morgan fingerprint density at radius 3 is 2.42 bits per heavy atom. The molecule has 1 atom stereocenters. The molecule has 0 spiro atoms. The van der Waals surface area contributed by atoms with Crippen LogP contribution in [0.4, 0.5) is 4.79 Å². The molecule has 0 saturated heterocycles. The van der Waals surface area contributed by atoms with Gasteiger partial charge in [-0.25, -0.2) is 4.79 Å². The van der Waals surface area contributed by atoms with Crippen molar-refractivity contribution >= 4 is 29.5 Å². The first-order valence-corrected chi connectivity index (χ1v) is 5.80. The van der Waals surface area contributed by atoms with Crippen LogP contribution in [-0.2, 0) is 20.7 Å². The molecule has 0 fully saturated rings. The molecule has 0 aliphatic carbocycles. The zero-order valence-electron chi connectivity index (χ0n) is 10.2. The van der Waals surface area contributed by atoms with Crippen LogP contribution in [0.3, 0.4) is 0 Å². The fraction of sp³-hybridized carbons (Fsp3) is 0.250. The number of ether oxygens (including phenoxy) is 1. The van der Waals surface area contributed by atoms with Crippen molar-refractivity contribution in [3.8, 4) is 0 Å². The summed E-state index contributed by atoms with van der Waals surface area (Å²) < 4.78 is 4.86. The minimum atomic E-state index is -1.09. The summed E-state index contributed by atoms with van der Waals surface area (Å²) in [4.78, 5) is 33.3. The van der Waals surface area contributed by atoms with Crippen molar-refractivity contribution in [2.24, 2.45) is 5.73 Å². The summed E-state index contributed by atoms with van der Waals surface area (Å²) in [6, 6.07) is 5.65. The van der Waals surface area contributed by atoms with Crippen LogP contribution < -0.4 is 11.1 Å². The van der Waals surface area contributed by atoms with Crippen LogP contribution in [0.2, 0.25) is 5.02 Å². The number of benzene rings is 1. The molecule has 19 heavy (non-hydrogen) atoms. The number of urea groups is 1. The number of rotatable bonds is 4. The molecule has 0 unspecified atom stereocenters. The predicted octanol–water partition coefficient (Wildman–Crippen LogP) is 1.01. The van der Waals surface area contributed by atoms with E-state index in [1.54, 1.807) is 24.3 Å². The molecule has 0 aliphatic rings. The van der Waals surface area contributed by atoms with Gasteiger partial charge in [0.2, 0.25) is 0 Å². The van der Waals surface area contributed by atoms with Gasteiger partial charge in [0.05, 0.1) is 6.42 Å². The van der Waals surface area contributed by atoms with Gasteiger partial charge in [0.25, 0.3) is 5.91 Å². The highest BCUT2D eigenvalue weighted by atomic mass is 35.5. The Bertz CT molecular complexity index is 487. The van der Waals surface area contributed by atoms with Gasteiger partial charge in [-0.1, -0.05) is 23.7 Å². The van der Waals surface area contributed by atoms with Crippen LogP contribution in [0.1, 0.15) is 12.5 Å². The molecule has 1 rings (SSSR count). The minimum absolute atomic E-state index is 0.00532. The van der Waals surface area contributed by atoms with Crippen LogP contribution in [0.15, 0.2) is 24.3 Å². The highest BCUT2D eigenvalue weighted by molar-refractivity contribution is 6.30. The molecule has 0 saturated carbocycles. The molecular formula is C12H13ClN2O4. The van der Waals surface area contributed by atoms with Crippen LogP contribution >= 0.6 is 11.6 Å². The Hall–Kier alpha value is -2.08. The Labute approximate surface area is 114 Å².